The van der Waals surface area contributed by atoms with Gasteiger partial charge in [0.1, 0.15) is 6.10 Å². The number of hydrogen-bond donors (Lipinski definition) is 3. The van der Waals surface area contributed by atoms with E-state index in [-0.39, 0.29) is 24.9 Å². The van der Waals surface area contributed by atoms with Crippen molar-refractivity contribution in [1.82, 2.24) is 5.32 Å². The van der Waals surface area contributed by atoms with Gasteiger partial charge >= 0.3 is 5.97 Å². The molecule has 0 saturated carbocycles. The summed E-state index contributed by atoms with van der Waals surface area (Å²) >= 11 is 0. The topological polar surface area (TPSA) is 95.9 Å². The maximum Gasteiger partial charge on any atom is 0.306 e. The van der Waals surface area contributed by atoms with Gasteiger partial charge in [-0.3, -0.25) is 9.59 Å². The van der Waals surface area contributed by atoms with Crippen molar-refractivity contribution in [2.24, 2.45) is 0 Å². The van der Waals surface area contributed by atoms with E-state index in [1.165, 1.54) is 116 Å². The molecule has 3 atom stereocenters. The molecule has 0 rings (SSSR count). The molecule has 0 spiro atoms. The fraction of sp³-hybridized carbons (Fsp3) is 0.741. The summed E-state index contributed by atoms with van der Waals surface area (Å²) in [5.74, 6) is -0.629. The Balaban J connectivity index is 4.78. The maximum absolute atomic E-state index is 13.1. The molecule has 0 aliphatic rings. The third-order valence-corrected chi connectivity index (χ3v) is 11.0. The van der Waals surface area contributed by atoms with Crippen LogP contribution in [0.3, 0.4) is 0 Å². The van der Waals surface area contributed by atoms with Crippen molar-refractivity contribution in [3.05, 3.63) is 72.9 Å². The second kappa shape index (κ2) is 47.4. The second-order valence-electron chi connectivity index (χ2n) is 16.8. The Bertz CT molecular complexity index is 1120. The summed E-state index contributed by atoms with van der Waals surface area (Å²) < 4.78 is 5.82. The van der Waals surface area contributed by atoms with Crippen molar-refractivity contribution in [2.75, 3.05) is 6.61 Å². The van der Waals surface area contributed by atoms with E-state index < -0.39 is 18.2 Å². The summed E-state index contributed by atoms with van der Waals surface area (Å²) in [4.78, 5) is 26.0. The highest BCUT2D eigenvalue weighted by Gasteiger charge is 2.23. The number of nitrogens with one attached hydrogen (secondary N) is 1. The van der Waals surface area contributed by atoms with Crippen molar-refractivity contribution in [3.8, 4) is 0 Å². The van der Waals surface area contributed by atoms with Gasteiger partial charge in [-0.15, -0.1) is 0 Å². The lowest BCUT2D eigenvalue weighted by molar-refractivity contribution is -0.148. The van der Waals surface area contributed by atoms with Crippen molar-refractivity contribution < 1.29 is 24.5 Å². The lowest BCUT2D eigenvalue weighted by Crippen LogP contribution is -2.46. The molecule has 0 aromatic rings. The molecule has 3 unspecified atom stereocenters. The van der Waals surface area contributed by atoms with E-state index in [1.54, 1.807) is 6.08 Å². The highest BCUT2D eigenvalue weighted by Crippen LogP contribution is 2.16. The second-order valence-corrected chi connectivity index (χ2v) is 16.8. The Hall–Kier alpha value is -2.70. The first-order valence-electron chi connectivity index (χ1n) is 25.2. The Morgan fingerprint density at radius 3 is 1.27 bits per heavy atom. The van der Waals surface area contributed by atoms with Crippen molar-refractivity contribution >= 4 is 11.9 Å². The summed E-state index contributed by atoms with van der Waals surface area (Å²) in [6, 6.07) is -0.743. The van der Waals surface area contributed by atoms with E-state index in [0.717, 1.165) is 70.6 Å². The van der Waals surface area contributed by atoms with Crippen LogP contribution in [0.1, 0.15) is 233 Å². The molecular weight excluding hydrogens is 743 g/mol. The molecule has 0 heterocycles. The molecule has 6 heteroatoms. The SMILES string of the molecule is CC/C=C\C/C=C\C/C=C\C/C=C\C/C=C\C/C=C\C(CC(=O)NC(CO)C(O)CCCCCCCCCCCCC)OC(=O)CCCCCCCCCCCCCCC. The summed E-state index contributed by atoms with van der Waals surface area (Å²) in [6.45, 7) is 6.32. The normalized spacial score (nSPS) is 13.9. The molecule has 0 saturated heterocycles. The number of aliphatic hydroxyl groups excluding tert-OH is 2. The zero-order chi connectivity index (χ0) is 43.8. The molecule has 0 aliphatic heterocycles. The summed E-state index contributed by atoms with van der Waals surface area (Å²) in [7, 11) is 0. The van der Waals surface area contributed by atoms with E-state index >= 15 is 0 Å². The molecule has 3 N–H and O–H groups in total. The molecule has 0 bridgehead atoms. The Morgan fingerprint density at radius 1 is 0.500 bits per heavy atom. The number of allylic oxidation sites excluding steroid dienone is 11. The molecule has 0 fully saturated rings. The van der Waals surface area contributed by atoms with Crippen LogP contribution in [0.5, 0.6) is 0 Å². The summed E-state index contributed by atoms with van der Waals surface area (Å²) in [6.07, 6.45) is 59.9. The van der Waals surface area contributed by atoms with Gasteiger partial charge in [0.05, 0.1) is 25.2 Å². The predicted octanol–water partition coefficient (Wildman–Crippen LogP) is 15.0. The van der Waals surface area contributed by atoms with Gasteiger partial charge in [0.25, 0.3) is 0 Å². The molecular formula is C54H95NO5. The number of carbonyl (C=O) groups excluding carboxylic acids is 2. The fourth-order valence-corrected chi connectivity index (χ4v) is 7.25. The van der Waals surface area contributed by atoms with Gasteiger partial charge in [-0.05, 0) is 57.4 Å². The van der Waals surface area contributed by atoms with Gasteiger partial charge in [0, 0.05) is 6.42 Å². The quantitative estimate of drug-likeness (QED) is 0.0323. The number of esters is 1. The standard InChI is InChI=1S/C54H95NO5/c1-4-7-10-13-16-19-22-24-25-26-27-29-31-33-36-39-42-45-50(60-54(59)47-44-41-38-35-32-28-23-20-17-14-11-8-5-2)48-53(58)55-51(49-56)52(57)46-43-40-37-34-30-21-18-15-12-9-6-3/h7,10,16,19,24-25,27,29,33,36,42,45,50-52,56-57H,4-6,8-9,11-15,17-18,20-23,26,28,30-32,34-35,37-41,43-44,46-49H2,1-3H3,(H,55,58)/b10-7-,19-16-,25-24-,29-27-,36-33-,45-42-. The third-order valence-electron chi connectivity index (χ3n) is 11.0. The largest absolute Gasteiger partial charge is 0.458 e. The number of unbranched alkanes of at least 4 members (excludes halogenated alkanes) is 22. The van der Waals surface area contributed by atoms with E-state index in [9.17, 15) is 19.8 Å². The van der Waals surface area contributed by atoms with E-state index in [2.05, 4.69) is 86.8 Å². The number of aliphatic hydroxyl groups is 2. The minimum atomic E-state index is -0.820. The first-order chi connectivity index (χ1) is 29.5. The first-order valence-corrected chi connectivity index (χ1v) is 25.2. The molecule has 60 heavy (non-hydrogen) atoms. The average Bonchev–Trinajstić information content (AvgIpc) is 3.24. The van der Waals surface area contributed by atoms with Gasteiger partial charge in [-0.2, -0.15) is 0 Å². The highest BCUT2D eigenvalue weighted by molar-refractivity contribution is 5.78. The fourth-order valence-electron chi connectivity index (χ4n) is 7.25. The molecule has 346 valence electrons. The van der Waals surface area contributed by atoms with Crippen LogP contribution in [-0.4, -0.2) is 46.9 Å². The molecule has 0 radical (unpaired) electrons. The monoisotopic (exact) mass is 838 g/mol. The Kier molecular flexibility index (Phi) is 45.2. The van der Waals surface area contributed by atoms with Crippen molar-refractivity contribution in [1.29, 1.82) is 0 Å². The number of carbonyl (C=O) groups is 2. The minimum Gasteiger partial charge on any atom is -0.458 e. The van der Waals surface area contributed by atoms with Crippen molar-refractivity contribution in [3.63, 3.8) is 0 Å². The average molecular weight is 838 g/mol. The number of hydrogen-bond acceptors (Lipinski definition) is 5. The van der Waals surface area contributed by atoms with Crippen LogP contribution < -0.4 is 5.32 Å². The molecule has 0 aliphatic carbocycles. The van der Waals surface area contributed by atoms with Gasteiger partial charge in [-0.25, -0.2) is 0 Å². The molecule has 0 aromatic carbocycles. The van der Waals surface area contributed by atoms with Crippen LogP contribution in [0.15, 0.2) is 72.9 Å². The van der Waals surface area contributed by atoms with Gasteiger partial charge in [0.2, 0.25) is 5.91 Å². The smallest absolute Gasteiger partial charge is 0.306 e. The number of rotatable bonds is 44. The lowest BCUT2D eigenvalue weighted by Gasteiger charge is -2.23. The van der Waals surface area contributed by atoms with Crippen LogP contribution in [0.25, 0.3) is 0 Å². The first kappa shape index (κ1) is 57.3. The van der Waals surface area contributed by atoms with Crippen LogP contribution >= 0.6 is 0 Å². The third kappa shape index (κ3) is 42.0. The summed E-state index contributed by atoms with van der Waals surface area (Å²) in [5.41, 5.74) is 0. The van der Waals surface area contributed by atoms with E-state index in [4.69, 9.17) is 4.74 Å². The minimum absolute atomic E-state index is 0.0474. The van der Waals surface area contributed by atoms with Crippen LogP contribution in [0, 0.1) is 0 Å². The highest BCUT2D eigenvalue weighted by atomic mass is 16.5. The maximum atomic E-state index is 13.1. The zero-order valence-corrected chi connectivity index (χ0v) is 39.3. The van der Waals surface area contributed by atoms with Gasteiger partial charge in [0.15, 0.2) is 0 Å². The van der Waals surface area contributed by atoms with Crippen LogP contribution in [0.4, 0.5) is 0 Å². The van der Waals surface area contributed by atoms with E-state index in [0.29, 0.717) is 19.3 Å². The number of amides is 1. The van der Waals surface area contributed by atoms with Crippen LogP contribution in [-0.2, 0) is 14.3 Å². The molecule has 1 amide bonds. The Morgan fingerprint density at radius 2 is 0.867 bits per heavy atom. The molecule has 6 nitrogen and oxygen atoms in total. The lowest BCUT2D eigenvalue weighted by atomic mass is 10.0. The van der Waals surface area contributed by atoms with Crippen molar-refractivity contribution in [2.45, 2.75) is 251 Å². The van der Waals surface area contributed by atoms with Gasteiger partial charge in [-0.1, -0.05) is 235 Å². The van der Waals surface area contributed by atoms with Crippen LogP contribution in [0.2, 0.25) is 0 Å². The van der Waals surface area contributed by atoms with Gasteiger partial charge < -0.3 is 20.3 Å². The molecule has 0 aromatic heterocycles. The van der Waals surface area contributed by atoms with E-state index in [1.807, 2.05) is 6.08 Å². The predicted molar refractivity (Wildman–Crippen MR) is 259 cm³/mol. The zero-order valence-electron chi connectivity index (χ0n) is 39.3. The summed E-state index contributed by atoms with van der Waals surface area (Å²) in [5, 5.41) is 23.6. The Labute approximate surface area is 371 Å². The number of ether oxygens (including phenoxy) is 1.